The van der Waals surface area contributed by atoms with Crippen molar-refractivity contribution in [2.75, 3.05) is 11.9 Å². The van der Waals surface area contributed by atoms with Gasteiger partial charge in [-0.1, -0.05) is 6.92 Å². The van der Waals surface area contributed by atoms with Crippen molar-refractivity contribution < 1.29 is 14.7 Å². The van der Waals surface area contributed by atoms with Crippen LogP contribution in [0.4, 0.5) is 5.69 Å². The Morgan fingerprint density at radius 3 is 2.67 bits per heavy atom. The van der Waals surface area contributed by atoms with Crippen molar-refractivity contribution in [3.63, 3.8) is 0 Å². The molecule has 1 aromatic carbocycles. The zero-order valence-electron chi connectivity index (χ0n) is 9.94. The average molecular weight is 315 g/mol. The van der Waals surface area contributed by atoms with Gasteiger partial charge in [0.15, 0.2) is 0 Å². The molecule has 0 saturated heterocycles. The average Bonchev–Trinajstić information content (AvgIpc) is 2.33. The minimum atomic E-state index is -1.04. The van der Waals surface area contributed by atoms with E-state index in [1.807, 2.05) is 6.92 Å². The fourth-order valence-electron chi connectivity index (χ4n) is 1.45. The third kappa shape index (κ3) is 3.54. The van der Waals surface area contributed by atoms with E-state index in [4.69, 9.17) is 10.8 Å². The van der Waals surface area contributed by atoms with E-state index in [0.29, 0.717) is 16.6 Å². The number of amides is 1. The molecule has 0 aliphatic heterocycles. The molecule has 1 aromatic rings. The van der Waals surface area contributed by atoms with Crippen LogP contribution in [0.15, 0.2) is 22.7 Å². The number of carboxylic acid groups (broad SMARTS) is 1. The predicted molar refractivity (Wildman–Crippen MR) is 72.6 cm³/mol. The van der Waals surface area contributed by atoms with Gasteiger partial charge in [0.25, 0.3) is 0 Å². The monoisotopic (exact) mass is 314 g/mol. The lowest BCUT2D eigenvalue weighted by atomic mass is 10.1. The number of benzene rings is 1. The van der Waals surface area contributed by atoms with Crippen LogP contribution in [0.2, 0.25) is 0 Å². The molecule has 98 valence electrons. The fourth-order valence-corrected chi connectivity index (χ4v) is 1.79. The Bertz CT molecular complexity index is 459. The van der Waals surface area contributed by atoms with Crippen molar-refractivity contribution in [1.82, 2.24) is 0 Å². The lowest BCUT2D eigenvalue weighted by molar-refractivity contribution is -0.119. The first-order valence-corrected chi connectivity index (χ1v) is 6.32. The number of anilines is 1. The van der Waals surface area contributed by atoms with E-state index in [1.165, 1.54) is 12.1 Å². The summed E-state index contributed by atoms with van der Waals surface area (Å²) in [6, 6.07) is 4.46. The number of hydrogen-bond acceptors (Lipinski definition) is 3. The summed E-state index contributed by atoms with van der Waals surface area (Å²) in [6.45, 7) is 2.14. The number of aromatic carboxylic acids is 1. The minimum absolute atomic E-state index is 0.120. The maximum atomic E-state index is 11.8. The standard InChI is InChI=1S/C12H15BrN2O3/c1-2-7(6-14)11(16)15-10-5-8(12(17)18)3-4-9(10)13/h3-5,7H,2,6,14H2,1H3,(H,15,16)(H,17,18). The summed E-state index contributed by atoms with van der Waals surface area (Å²) in [5, 5.41) is 11.6. The Labute approximate surface area is 113 Å². The number of nitrogens with two attached hydrogens (primary N) is 1. The smallest absolute Gasteiger partial charge is 0.335 e. The van der Waals surface area contributed by atoms with Gasteiger partial charge in [-0.2, -0.15) is 0 Å². The van der Waals surface area contributed by atoms with E-state index in [2.05, 4.69) is 21.2 Å². The molecule has 0 heterocycles. The Morgan fingerprint density at radius 2 is 2.17 bits per heavy atom. The molecule has 4 N–H and O–H groups in total. The van der Waals surface area contributed by atoms with Crippen LogP contribution in [0.25, 0.3) is 0 Å². The van der Waals surface area contributed by atoms with Gasteiger partial charge in [0.2, 0.25) is 5.91 Å². The number of carboxylic acids is 1. The van der Waals surface area contributed by atoms with Crippen LogP contribution >= 0.6 is 15.9 Å². The molecule has 1 unspecified atom stereocenters. The summed E-state index contributed by atoms with van der Waals surface area (Å²) in [6.07, 6.45) is 0.637. The number of nitrogens with one attached hydrogen (secondary N) is 1. The van der Waals surface area contributed by atoms with Gasteiger partial charge >= 0.3 is 5.97 Å². The Hall–Kier alpha value is -1.40. The quantitative estimate of drug-likeness (QED) is 0.775. The lowest BCUT2D eigenvalue weighted by Crippen LogP contribution is -2.28. The van der Waals surface area contributed by atoms with Crippen LogP contribution in [0.1, 0.15) is 23.7 Å². The summed E-state index contributed by atoms with van der Waals surface area (Å²) < 4.78 is 0.632. The summed E-state index contributed by atoms with van der Waals surface area (Å²) in [5.41, 5.74) is 6.04. The third-order valence-corrected chi connectivity index (χ3v) is 3.31. The van der Waals surface area contributed by atoms with Crippen molar-refractivity contribution in [2.24, 2.45) is 11.7 Å². The summed E-state index contributed by atoms with van der Waals surface area (Å²) in [7, 11) is 0. The highest BCUT2D eigenvalue weighted by atomic mass is 79.9. The molecule has 1 atom stereocenters. The van der Waals surface area contributed by atoms with Crippen molar-refractivity contribution >= 4 is 33.5 Å². The minimum Gasteiger partial charge on any atom is -0.478 e. The molecule has 0 aromatic heterocycles. The molecular formula is C12H15BrN2O3. The van der Waals surface area contributed by atoms with Crippen LogP contribution in [0.5, 0.6) is 0 Å². The fraction of sp³-hybridized carbons (Fsp3) is 0.333. The predicted octanol–water partition coefficient (Wildman–Crippen LogP) is 2.07. The van der Waals surface area contributed by atoms with Crippen LogP contribution in [-0.2, 0) is 4.79 Å². The van der Waals surface area contributed by atoms with Gasteiger partial charge in [0, 0.05) is 11.0 Å². The molecule has 0 aliphatic rings. The van der Waals surface area contributed by atoms with E-state index in [-0.39, 0.29) is 23.9 Å². The zero-order valence-corrected chi connectivity index (χ0v) is 11.5. The Balaban J connectivity index is 2.93. The normalized spacial score (nSPS) is 11.9. The van der Waals surface area contributed by atoms with Gasteiger partial charge in [-0.3, -0.25) is 4.79 Å². The molecule has 0 radical (unpaired) electrons. The highest BCUT2D eigenvalue weighted by molar-refractivity contribution is 9.10. The Kier molecular flexibility index (Phi) is 5.30. The van der Waals surface area contributed by atoms with E-state index in [1.54, 1.807) is 6.07 Å². The van der Waals surface area contributed by atoms with Crippen molar-refractivity contribution in [3.8, 4) is 0 Å². The van der Waals surface area contributed by atoms with E-state index in [9.17, 15) is 9.59 Å². The van der Waals surface area contributed by atoms with Crippen LogP contribution in [-0.4, -0.2) is 23.5 Å². The molecule has 5 nitrogen and oxygen atoms in total. The van der Waals surface area contributed by atoms with Crippen LogP contribution < -0.4 is 11.1 Å². The molecule has 6 heteroatoms. The largest absolute Gasteiger partial charge is 0.478 e. The Morgan fingerprint density at radius 1 is 1.50 bits per heavy atom. The second-order valence-corrected chi connectivity index (χ2v) is 4.68. The highest BCUT2D eigenvalue weighted by Gasteiger charge is 2.16. The van der Waals surface area contributed by atoms with E-state index in [0.717, 1.165) is 0 Å². The molecule has 0 fully saturated rings. The molecule has 0 saturated carbocycles. The summed E-state index contributed by atoms with van der Waals surface area (Å²) in [5.74, 6) is -1.52. The molecular weight excluding hydrogens is 300 g/mol. The summed E-state index contributed by atoms with van der Waals surface area (Å²) >= 11 is 3.26. The number of carbonyl (C=O) groups excluding carboxylic acids is 1. The van der Waals surface area contributed by atoms with Crippen LogP contribution in [0, 0.1) is 5.92 Å². The number of rotatable bonds is 5. The molecule has 0 bridgehead atoms. The first-order valence-electron chi connectivity index (χ1n) is 5.53. The van der Waals surface area contributed by atoms with Crippen molar-refractivity contribution in [1.29, 1.82) is 0 Å². The van der Waals surface area contributed by atoms with Crippen molar-refractivity contribution in [2.45, 2.75) is 13.3 Å². The van der Waals surface area contributed by atoms with Gasteiger partial charge in [-0.05, 0) is 40.5 Å². The maximum Gasteiger partial charge on any atom is 0.335 e. The number of hydrogen-bond donors (Lipinski definition) is 3. The van der Waals surface area contributed by atoms with Gasteiger partial charge in [0.1, 0.15) is 0 Å². The highest BCUT2D eigenvalue weighted by Crippen LogP contribution is 2.24. The second-order valence-electron chi connectivity index (χ2n) is 3.83. The zero-order chi connectivity index (χ0) is 13.7. The molecule has 18 heavy (non-hydrogen) atoms. The summed E-state index contributed by atoms with van der Waals surface area (Å²) in [4.78, 5) is 22.7. The van der Waals surface area contributed by atoms with Gasteiger partial charge in [0.05, 0.1) is 17.2 Å². The molecule has 0 spiro atoms. The van der Waals surface area contributed by atoms with Crippen molar-refractivity contribution in [3.05, 3.63) is 28.2 Å². The lowest BCUT2D eigenvalue weighted by Gasteiger charge is -2.14. The van der Waals surface area contributed by atoms with Gasteiger partial charge in [-0.25, -0.2) is 4.79 Å². The molecule has 0 aliphatic carbocycles. The third-order valence-electron chi connectivity index (χ3n) is 2.62. The number of carbonyl (C=O) groups is 2. The second kappa shape index (κ2) is 6.51. The SMILES string of the molecule is CCC(CN)C(=O)Nc1cc(C(=O)O)ccc1Br. The first-order chi connectivity index (χ1) is 8.49. The first kappa shape index (κ1) is 14.7. The molecule has 1 rings (SSSR count). The maximum absolute atomic E-state index is 11.8. The van der Waals surface area contributed by atoms with E-state index >= 15 is 0 Å². The molecule has 1 amide bonds. The van der Waals surface area contributed by atoms with Crippen LogP contribution in [0.3, 0.4) is 0 Å². The topological polar surface area (TPSA) is 92.4 Å². The van der Waals surface area contributed by atoms with E-state index < -0.39 is 5.97 Å². The number of halogens is 1. The van der Waals surface area contributed by atoms with Gasteiger partial charge in [-0.15, -0.1) is 0 Å². The van der Waals surface area contributed by atoms with Gasteiger partial charge < -0.3 is 16.2 Å².